The van der Waals surface area contributed by atoms with Crippen LogP contribution in [0.25, 0.3) is 0 Å². The molecule has 0 saturated carbocycles. The lowest BCUT2D eigenvalue weighted by molar-refractivity contribution is 0.807. The zero-order valence-electron chi connectivity index (χ0n) is 12.2. The SMILES string of the molecule is CNCc1cnc(N(C)Cc2ccc(Cl)cc2)c(C)c1. The number of rotatable bonds is 5. The number of nitrogens with zero attached hydrogens (tertiary/aromatic N) is 2. The second-order valence-corrected chi connectivity index (χ2v) is 5.43. The number of anilines is 1. The second kappa shape index (κ2) is 6.73. The van der Waals surface area contributed by atoms with E-state index in [2.05, 4.69) is 35.2 Å². The molecule has 0 saturated heterocycles. The van der Waals surface area contributed by atoms with Crippen molar-refractivity contribution in [1.82, 2.24) is 10.3 Å². The van der Waals surface area contributed by atoms with E-state index >= 15 is 0 Å². The van der Waals surface area contributed by atoms with Crippen molar-refractivity contribution in [2.24, 2.45) is 0 Å². The molecule has 0 bridgehead atoms. The molecule has 0 unspecified atom stereocenters. The van der Waals surface area contributed by atoms with E-state index in [1.54, 1.807) is 0 Å². The Kier molecular flexibility index (Phi) is 4.99. The van der Waals surface area contributed by atoms with Gasteiger partial charge in [0.2, 0.25) is 0 Å². The Morgan fingerprint density at radius 2 is 1.90 bits per heavy atom. The summed E-state index contributed by atoms with van der Waals surface area (Å²) in [7, 11) is 4.00. The van der Waals surface area contributed by atoms with Crippen LogP contribution in [-0.2, 0) is 13.1 Å². The fourth-order valence-corrected chi connectivity index (χ4v) is 2.39. The molecule has 0 aliphatic rings. The Morgan fingerprint density at radius 3 is 2.50 bits per heavy atom. The van der Waals surface area contributed by atoms with Crippen LogP contribution in [0.3, 0.4) is 0 Å². The van der Waals surface area contributed by atoms with E-state index in [1.807, 2.05) is 37.5 Å². The van der Waals surface area contributed by atoms with Gasteiger partial charge in [-0.3, -0.25) is 0 Å². The molecule has 0 amide bonds. The first-order chi connectivity index (χ1) is 9.60. The molecule has 4 heteroatoms. The van der Waals surface area contributed by atoms with Gasteiger partial charge < -0.3 is 10.2 Å². The zero-order valence-corrected chi connectivity index (χ0v) is 12.9. The van der Waals surface area contributed by atoms with Gasteiger partial charge in [0.1, 0.15) is 5.82 Å². The third-order valence-electron chi connectivity index (χ3n) is 3.18. The summed E-state index contributed by atoms with van der Waals surface area (Å²) in [6.45, 7) is 3.76. The highest BCUT2D eigenvalue weighted by atomic mass is 35.5. The highest BCUT2D eigenvalue weighted by Gasteiger charge is 2.08. The number of aryl methyl sites for hydroxylation is 1. The Bertz CT molecular complexity index is 566. The zero-order chi connectivity index (χ0) is 14.5. The smallest absolute Gasteiger partial charge is 0.131 e. The summed E-state index contributed by atoms with van der Waals surface area (Å²) >= 11 is 5.91. The van der Waals surface area contributed by atoms with Crippen molar-refractivity contribution >= 4 is 17.4 Å². The van der Waals surface area contributed by atoms with Crippen molar-refractivity contribution in [2.45, 2.75) is 20.0 Å². The minimum Gasteiger partial charge on any atom is -0.355 e. The summed E-state index contributed by atoms with van der Waals surface area (Å²) in [6, 6.07) is 10.1. The monoisotopic (exact) mass is 289 g/mol. The third kappa shape index (κ3) is 3.71. The second-order valence-electron chi connectivity index (χ2n) is 5.00. The summed E-state index contributed by atoms with van der Waals surface area (Å²) in [4.78, 5) is 6.72. The maximum Gasteiger partial charge on any atom is 0.131 e. The number of halogens is 1. The molecule has 1 N–H and O–H groups in total. The maximum absolute atomic E-state index is 5.91. The molecule has 1 aromatic carbocycles. The average Bonchev–Trinajstić information content (AvgIpc) is 2.42. The van der Waals surface area contributed by atoms with Gasteiger partial charge in [-0.1, -0.05) is 23.7 Å². The van der Waals surface area contributed by atoms with Gasteiger partial charge in [-0.2, -0.15) is 0 Å². The number of pyridine rings is 1. The first kappa shape index (κ1) is 14.8. The van der Waals surface area contributed by atoms with Gasteiger partial charge in [0.05, 0.1) is 0 Å². The van der Waals surface area contributed by atoms with Crippen LogP contribution in [0.2, 0.25) is 5.02 Å². The summed E-state index contributed by atoms with van der Waals surface area (Å²) in [5.41, 5.74) is 3.61. The standard InChI is InChI=1S/C16H20ClN3/c1-12-8-14(9-18-2)10-19-16(12)20(3)11-13-4-6-15(17)7-5-13/h4-8,10,18H,9,11H2,1-3H3. The summed E-state index contributed by atoms with van der Waals surface area (Å²) in [5.74, 6) is 1.01. The Balaban J connectivity index is 2.12. The van der Waals surface area contributed by atoms with Gasteiger partial charge in [-0.15, -0.1) is 0 Å². The predicted octanol–water partition coefficient (Wildman–Crippen LogP) is 3.40. The summed E-state index contributed by atoms with van der Waals surface area (Å²) in [5, 5.41) is 3.90. The lowest BCUT2D eigenvalue weighted by Crippen LogP contribution is -2.19. The topological polar surface area (TPSA) is 28.2 Å². The van der Waals surface area contributed by atoms with Crippen molar-refractivity contribution in [3.8, 4) is 0 Å². The molecule has 0 spiro atoms. The normalized spacial score (nSPS) is 10.6. The molecule has 106 valence electrons. The van der Waals surface area contributed by atoms with Crippen molar-refractivity contribution < 1.29 is 0 Å². The fraction of sp³-hybridized carbons (Fsp3) is 0.312. The van der Waals surface area contributed by atoms with Gasteiger partial charge in [0.15, 0.2) is 0 Å². The van der Waals surface area contributed by atoms with E-state index < -0.39 is 0 Å². The molecule has 20 heavy (non-hydrogen) atoms. The van der Waals surface area contributed by atoms with E-state index in [4.69, 9.17) is 11.6 Å². The quantitative estimate of drug-likeness (QED) is 0.914. The van der Waals surface area contributed by atoms with E-state index in [1.165, 1.54) is 16.7 Å². The molecule has 3 nitrogen and oxygen atoms in total. The predicted molar refractivity (Wildman–Crippen MR) is 85.3 cm³/mol. The van der Waals surface area contributed by atoms with Crippen LogP contribution >= 0.6 is 11.6 Å². The molecule has 1 aromatic heterocycles. The van der Waals surface area contributed by atoms with E-state index in [-0.39, 0.29) is 0 Å². The molecule has 0 aliphatic carbocycles. The van der Waals surface area contributed by atoms with Crippen LogP contribution < -0.4 is 10.2 Å². The Morgan fingerprint density at radius 1 is 1.20 bits per heavy atom. The van der Waals surface area contributed by atoms with Crippen molar-refractivity contribution in [3.63, 3.8) is 0 Å². The minimum atomic E-state index is 0.766. The number of aromatic nitrogens is 1. The molecular weight excluding hydrogens is 270 g/mol. The van der Waals surface area contributed by atoms with Crippen LogP contribution in [0.5, 0.6) is 0 Å². The molecule has 0 fully saturated rings. The summed E-state index contributed by atoms with van der Waals surface area (Å²) < 4.78 is 0. The van der Waals surface area contributed by atoms with E-state index in [0.29, 0.717) is 0 Å². The highest BCUT2D eigenvalue weighted by Crippen LogP contribution is 2.19. The largest absolute Gasteiger partial charge is 0.355 e. The first-order valence-corrected chi connectivity index (χ1v) is 7.03. The first-order valence-electron chi connectivity index (χ1n) is 6.66. The Labute approximate surface area is 125 Å². The fourth-order valence-electron chi connectivity index (χ4n) is 2.26. The average molecular weight is 290 g/mol. The van der Waals surface area contributed by atoms with Crippen molar-refractivity contribution in [1.29, 1.82) is 0 Å². The molecular formula is C16H20ClN3. The number of hydrogen-bond donors (Lipinski definition) is 1. The van der Waals surface area contributed by atoms with Crippen LogP contribution in [0, 0.1) is 6.92 Å². The highest BCUT2D eigenvalue weighted by molar-refractivity contribution is 6.30. The van der Waals surface area contributed by atoms with Gasteiger partial charge in [0, 0.05) is 31.4 Å². The molecule has 2 aromatic rings. The molecule has 0 atom stereocenters. The lowest BCUT2D eigenvalue weighted by Gasteiger charge is -2.20. The molecule has 0 aliphatic heterocycles. The number of hydrogen-bond acceptors (Lipinski definition) is 3. The van der Waals surface area contributed by atoms with Crippen molar-refractivity contribution in [2.75, 3.05) is 19.0 Å². The van der Waals surface area contributed by atoms with Gasteiger partial charge in [-0.25, -0.2) is 4.98 Å². The van der Waals surface area contributed by atoms with E-state index in [0.717, 1.165) is 23.9 Å². The molecule has 2 rings (SSSR count). The van der Waals surface area contributed by atoms with Crippen molar-refractivity contribution in [3.05, 3.63) is 58.2 Å². The number of benzene rings is 1. The lowest BCUT2D eigenvalue weighted by atomic mass is 10.1. The number of nitrogens with one attached hydrogen (secondary N) is 1. The van der Waals surface area contributed by atoms with Gasteiger partial charge in [-0.05, 0) is 48.9 Å². The molecule has 0 radical (unpaired) electrons. The maximum atomic E-state index is 5.91. The van der Waals surface area contributed by atoms with Gasteiger partial charge in [0.25, 0.3) is 0 Å². The Hall–Kier alpha value is -1.58. The van der Waals surface area contributed by atoms with Crippen LogP contribution in [-0.4, -0.2) is 19.1 Å². The third-order valence-corrected chi connectivity index (χ3v) is 3.43. The minimum absolute atomic E-state index is 0.766. The van der Waals surface area contributed by atoms with Gasteiger partial charge >= 0.3 is 0 Å². The van der Waals surface area contributed by atoms with Crippen LogP contribution in [0.4, 0.5) is 5.82 Å². The summed E-state index contributed by atoms with van der Waals surface area (Å²) in [6.07, 6.45) is 1.93. The molecule has 1 heterocycles. The van der Waals surface area contributed by atoms with Crippen LogP contribution in [0.15, 0.2) is 36.5 Å². The van der Waals surface area contributed by atoms with Crippen LogP contribution in [0.1, 0.15) is 16.7 Å². The van der Waals surface area contributed by atoms with E-state index in [9.17, 15) is 0 Å².